The molecule has 2 fully saturated rings. The standard InChI is InChI=1S/C25H26F2N2O2S/c26-24(27)31-21-15-13-18(14-16-21)17-22-23(30)29(20-11-7-2-1-3-8-12-20)25(32-22)28-19-9-5-4-6-10-19/h4-6,9-10,13-17,20,24H,1-3,7-8,11-12H2/b22-17+,28-25?. The van der Waals surface area contributed by atoms with Gasteiger partial charge in [-0.2, -0.15) is 8.78 Å². The molecular weight excluding hydrogens is 430 g/mol. The summed E-state index contributed by atoms with van der Waals surface area (Å²) in [6.07, 6.45) is 9.64. The van der Waals surface area contributed by atoms with Gasteiger partial charge in [-0.3, -0.25) is 9.69 Å². The Kier molecular flexibility index (Phi) is 7.58. The zero-order valence-corrected chi connectivity index (χ0v) is 18.6. The molecule has 0 radical (unpaired) electrons. The number of alkyl halides is 2. The molecule has 0 spiro atoms. The van der Waals surface area contributed by atoms with Gasteiger partial charge in [-0.05, 0) is 60.5 Å². The maximum atomic E-state index is 13.5. The first-order valence-electron chi connectivity index (χ1n) is 11.0. The minimum atomic E-state index is -2.86. The zero-order chi connectivity index (χ0) is 22.3. The van der Waals surface area contributed by atoms with Gasteiger partial charge in [0.25, 0.3) is 5.91 Å². The molecule has 0 N–H and O–H groups in total. The van der Waals surface area contributed by atoms with Crippen LogP contribution in [0.1, 0.15) is 50.5 Å². The molecule has 168 valence electrons. The number of thioether (sulfide) groups is 1. The lowest BCUT2D eigenvalue weighted by molar-refractivity contribution is -0.124. The first-order valence-corrected chi connectivity index (χ1v) is 11.8. The number of aliphatic imine (C=N–C) groups is 1. The van der Waals surface area contributed by atoms with Crippen LogP contribution in [0.25, 0.3) is 6.08 Å². The molecule has 0 unspecified atom stereocenters. The van der Waals surface area contributed by atoms with Crippen LogP contribution < -0.4 is 4.74 Å². The molecule has 4 nitrogen and oxygen atoms in total. The second-order valence-corrected chi connectivity index (χ2v) is 8.97. The number of halogens is 2. The molecule has 1 heterocycles. The van der Waals surface area contributed by atoms with Crippen molar-refractivity contribution < 1.29 is 18.3 Å². The number of ether oxygens (including phenoxy) is 1. The summed E-state index contributed by atoms with van der Waals surface area (Å²) in [6.45, 7) is -2.86. The molecule has 2 aliphatic rings. The summed E-state index contributed by atoms with van der Waals surface area (Å²) in [4.78, 5) is 20.7. The SMILES string of the molecule is O=C1/C(=C\c2ccc(OC(F)F)cc2)SC(=Nc2ccccc2)N1C1CCCCCCC1. The van der Waals surface area contributed by atoms with Crippen molar-refractivity contribution in [3.63, 3.8) is 0 Å². The van der Waals surface area contributed by atoms with Gasteiger partial charge in [0.1, 0.15) is 5.75 Å². The molecule has 32 heavy (non-hydrogen) atoms. The van der Waals surface area contributed by atoms with Crippen LogP contribution >= 0.6 is 11.8 Å². The third-order valence-corrected chi connectivity index (χ3v) is 6.64. The van der Waals surface area contributed by atoms with Crippen molar-refractivity contribution in [2.45, 2.75) is 57.6 Å². The van der Waals surface area contributed by atoms with Gasteiger partial charge >= 0.3 is 6.61 Å². The normalized spacial score (nSPS) is 20.7. The first kappa shape index (κ1) is 22.5. The highest BCUT2D eigenvalue weighted by Crippen LogP contribution is 2.38. The van der Waals surface area contributed by atoms with Gasteiger partial charge < -0.3 is 4.74 Å². The number of rotatable bonds is 5. The Morgan fingerprint density at radius 1 is 0.969 bits per heavy atom. The fourth-order valence-corrected chi connectivity index (χ4v) is 5.15. The third kappa shape index (κ3) is 5.76. The monoisotopic (exact) mass is 456 g/mol. The molecule has 2 aromatic carbocycles. The van der Waals surface area contributed by atoms with Gasteiger partial charge in [0, 0.05) is 6.04 Å². The maximum absolute atomic E-state index is 13.5. The highest BCUT2D eigenvalue weighted by Gasteiger charge is 2.38. The lowest BCUT2D eigenvalue weighted by Gasteiger charge is -2.28. The highest BCUT2D eigenvalue weighted by atomic mass is 32.2. The van der Waals surface area contributed by atoms with E-state index >= 15 is 0 Å². The molecule has 1 aliphatic carbocycles. The van der Waals surface area contributed by atoms with E-state index in [0.717, 1.165) is 36.9 Å². The summed E-state index contributed by atoms with van der Waals surface area (Å²) < 4.78 is 29.2. The largest absolute Gasteiger partial charge is 0.435 e. The predicted molar refractivity (Wildman–Crippen MR) is 125 cm³/mol. The minimum Gasteiger partial charge on any atom is -0.435 e. The second kappa shape index (κ2) is 10.8. The second-order valence-electron chi connectivity index (χ2n) is 7.96. The van der Waals surface area contributed by atoms with Gasteiger partial charge in [0.15, 0.2) is 5.17 Å². The third-order valence-electron chi connectivity index (χ3n) is 5.66. The molecule has 2 aromatic rings. The minimum absolute atomic E-state index is 0.0387. The van der Waals surface area contributed by atoms with E-state index in [0.29, 0.717) is 10.1 Å². The number of hydrogen-bond acceptors (Lipinski definition) is 4. The van der Waals surface area contributed by atoms with Crippen LogP contribution in [-0.2, 0) is 4.79 Å². The number of hydrogen-bond donors (Lipinski definition) is 0. The van der Waals surface area contributed by atoms with Crippen molar-refractivity contribution in [2.24, 2.45) is 4.99 Å². The predicted octanol–water partition coefficient (Wildman–Crippen LogP) is 7.00. The molecule has 0 bridgehead atoms. The number of carbonyl (C=O) groups is 1. The van der Waals surface area contributed by atoms with E-state index < -0.39 is 6.61 Å². The van der Waals surface area contributed by atoms with Crippen molar-refractivity contribution in [1.82, 2.24) is 4.90 Å². The van der Waals surface area contributed by atoms with E-state index in [-0.39, 0.29) is 17.7 Å². The summed E-state index contributed by atoms with van der Waals surface area (Å²) in [7, 11) is 0. The van der Waals surface area contributed by atoms with Crippen LogP contribution in [0.2, 0.25) is 0 Å². The van der Waals surface area contributed by atoms with Crippen molar-refractivity contribution in [2.75, 3.05) is 0 Å². The van der Waals surface area contributed by atoms with E-state index in [1.54, 1.807) is 18.2 Å². The van der Waals surface area contributed by atoms with E-state index in [9.17, 15) is 13.6 Å². The van der Waals surface area contributed by atoms with E-state index in [1.807, 2.05) is 35.2 Å². The van der Waals surface area contributed by atoms with E-state index in [4.69, 9.17) is 4.99 Å². The number of nitrogens with zero attached hydrogens (tertiary/aromatic N) is 2. The summed E-state index contributed by atoms with van der Waals surface area (Å²) in [5.74, 6) is 0.0539. The Morgan fingerprint density at radius 2 is 1.62 bits per heavy atom. The smallest absolute Gasteiger partial charge is 0.387 e. The Hall–Kier alpha value is -2.67. The van der Waals surface area contributed by atoms with E-state index in [2.05, 4.69) is 4.74 Å². The van der Waals surface area contributed by atoms with Crippen molar-refractivity contribution >= 4 is 34.6 Å². The van der Waals surface area contributed by atoms with Crippen LogP contribution in [0.4, 0.5) is 14.5 Å². The van der Waals surface area contributed by atoms with E-state index in [1.165, 1.54) is 43.2 Å². The van der Waals surface area contributed by atoms with Gasteiger partial charge in [0.2, 0.25) is 0 Å². The molecule has 7 heteroatoms. The van der Waals surface area contributed by atoms with Crippen molar-refractivity contribution in [1.29, 1.82) is 0 Å². The highest BCUT2D eigenvalue weighted by molar-refractivity contribution is 8.18. The molecule has 0 aromatic heterocycles. The number of carbonyl (C=O) groups excluding carboxylic acids is 1. The van der Waals surface area contributed by atoms with Crippen molar-refractivity contribution in [3.8, 4) is 5.75 Å². The Balaban J connectivity index is 1.62. The van der Waals surface area contributed by atoms with Gasteiger partial charge in [0.05, 0.1) is 10.6 Å². The van der Waals surface area contributed by atoms with Crippen LogP contribution in [0.3, 0.4) is 0 Å². The number of amides is 1. The van der Waals surface area contributed by atoms with Gasteiger partial charge in [-0.15, -0.1) is 0 Å². The topological polar surface area (TPSA) is 41.9 Å². The molecule has 1 aliphatic heterocycles. The Labute approximate surface area is 191 Å². The Bertz CT molecular complexity index is 969. The number of para-hydroxylation sites is 1. The molecule has 1 saturated carbocycles. The summed E-state index contributed by atoms with van der Waals surface area (Å²) in [5.41, 5.74) is 1.56. The quantitative estimate of drug-likeness (QED) is 0.455. The van der Waals surface area contributed by atoms with Gasteiger partial charge in [-0.25, -0.2) is 4.99 Å². The number of benzene rings is 2. The molecule has 0 atom stereocenters. The molecular formula is C25H26F2N2O2S. The summed E-state index contributed by atoms with van der Waals surface area (Å²) >= 11 is 1.37. The summed E-state index contributed by atoms with van der Waals surface area (Å²) in [6, 6.07) is 16.1. The zero-order valence-electron chi connectivity index (χ0n) is 17.8. The van der Waals surface area contributed by atoms with Crippen molar-refractivity contribution in [3.05, 3.63) is 65.1 Å². The average molecular weight is 457 g/mol. The van der Waals surface area contributed by atoms with Crippen LogP contribution in [0.5, 0.6) is 5.75 Å². The fourth-order valence-electron chi connectivity index (χ4n) is 4.09. The van der Waals surface area contributed by atoms with Crippen LogP contribution in [0.15, 0.2) is 64.5 Å². The van der Waals surface area contributed by atoms with Crippen LogP contribution in [0, 0.1) is 0 Å². The van der Waals surface area contributed by atoms with Gasteiger partial charge in [-0.1, -0.05) is 62.4 Å². The molecule has 1 saturated heterocycles. The lowest BCUT2D eigenvalue weighted by atomic mass is 9.95. The fraction of sp³-hybridized carbons (Fsp3) is 0.360. The summed E-state index contributed by atoms with van der Waals surface area (Å²) in [5, 5.41) is 0.704. The Morgan fingerprint density at radius 3 is 2.28 bits per heavy atom. The first-order chi connectivity index (χ1) is 15.6. The van der Waals surface area contributed by atoms with Crippen LogP contribution in [-0.4, -0.2) is 28.6 Å². The average Bonchev–Trinajstić information content (AvgIpc) is 3.04. The lowest BCUT2D eigenvalue weighted by Crippen LogP contribution is -2.39. The molecule has 4 rings (SSSR count). The molecule has 1 amide bonds. The number of amidine groups is 1. The maximum Gasteiger partial charge on any atom is 0.387 e.